The van der Waals surface area contributed by atoms with Gasteiger partial charge in [-0.05, 0) is 51.0 Å². The highest BCUT2D eigenvalue weighted by Crippen LogP contribution is 2.38. The van der Waals surface area contributed by atoms with Gasteiger partial charge in [-0.25, -0.2) is 13.4 Å². The zero-order valence-corrected chi connectivity index (χ0v) is 19.7. The number of pyridine rings is 1. The summed E-state index contributed by atoms with van der Waals surface area (Å²) < 4.78 is 38.4. The number of nitrogens with one attached hydrogen (secondary N) is 1. The normalized spacial score (nSPS) is 16.5. The van der Waals surface area contributed by atoms with Gasteiger partial charge in [0.2, 0.25) is 15.4 Å². The Kier molecular flexibility index (Phi) is 6.83. The van der Waals surface area contributed by atoms with Gasteiger partial charge in [0.1, 0.15) is 5.75 Å². The second-order valence-electron chi connectivity index (χ2n) is 8.00. The average Bonchev–Trinajstić information content (AvgIpc) is 2.84. The van der Waals surface area contributed by atoms with Gasteiger partial charge in [0.05, 0.1) is 35.1 Å². The maximum absolute atomic E-state index is 13.7. The zero-order valence-electron chi connectivity index (χ0n) is 18.9. The first kappa shape index (κ1) is 23.0. The van der Waals surface area contributed by atoms with Crippen LogP contribution < -0.4 is 14.6 Å². The Morgan fingerprint density at radius 1 is 1.12 bits per heavy atom. The molecule has 0 bridgehead atoms. The number of hydrogen-bond acceptors (Lipinski definition) is 6. The van der Waals surface area contributed by atoms with E-state index in [1.54, 1.807) is 43.5 Å². The molecule has 1 aliphatic rings. The number of rotatable bonds is 7. The minimum Gasteiger partial charge on any atom is -0.494 e. The Morgan fingerprint density at radius 3 is 2.64 bits per heavy atom. The first-order chi connectivity index (χ1) is 16.0. The number of H-pyrrole nitrogens is 1. The standard InChI is InChI=1S/C25H28N2O5S/c1-3-31-19-12-13-22-21(15-19)24(27-14-8-9-18(17-27)25(28)32-4-2)23(16-26-22)33(29,30)20-10-6-5-7-11-20/h5-7,10-13,15-16,18H,3-4,8-9,14,17H2,1-2H3/p+1/t18-/m1/s1. The third-order valence-electron chi connectivity index (χ3n) is 5.85. The van der Waals surface area contributed by atoms with Gasteiger partial charge in [-0.3, -0.25) is 4.79 Å². The Morgan fingerprint density at radius 2 is 1.91 bits per heavy atom. The maximum Gasteiger partial charge on any atom is 0.310 e. The van der Waals surface area contributed by atoms with Gasteiger partial charge >= 0.3 is 5.97 Å². The van der Waals surface area contributed by atoms with Crippen LogP contribution in [-0.4, -0.2) is 40.7 Å². The topological polar surface area (TPSA) is 87.0 Å². The van der Waals surface area contributed by atoms with E-state index < -0.39 is 9.84 Å². The number of nitrogens with zero attached hydrogens (tertiary/aromatic N) is 1. The van der Waals surface area contributed by atoms with Crippen molar-refractivity contribution < 1.29 is 27.7 Å². The van der Waals surface area contributed by atoms with E-state index in [-0.39, 0.29) is 21.7 Å². The van der Waals surface area contributed by atoms with E-state index in [0.717, 1.165) is 23.7 Å². The van der Waals surface area contributed by atoms with Crippen LogP contribution in [-0.2, 0) is 19.4 Å². The number of fused-ring (bicyclic) bond motifs is 1. The van der Waals surface area contributed by atoms with Gasteiger partial charge in [-0.1, -0.05) is 18.2 Å². The molecule has 1 aromatic heterocycles. The summed E-state index contributed by atoms with van der Waals surface area (Å²) in [5.41, 5.74) is 1.38. The van der Waals surface area contributed by atoms with Gasteiger partial charge in [-0.2, -0.15) is 0 Å². The third kappa shape index (κ3) is 4.66. The van der Waals surface area contributed by atoms with Crippen LogP contribution in [0.4, 0.5) is 5.69 Å². The fourth-order valence-corrected chi connectivity index (χ4v) is 5.81. The molecule has 1 fully saturated rings. The van der Waals surface area contributed by atoms with Crippen LogP contribution in [0.15, 0.2) is 64.5 Å². The zero-order chi connectivity index (χ0) is 23.4. The quantitative estimate of drug-likeness (QED) is 0.491. The molecule has 0 unspecified atom stereocenters. The van der Waals surface area contributed by atoms with E-state index in [1.165, 1.54) is 0 Å². The largest absolute Gasteiger partial charge is 0.494 e. The van der Waals surface area contributed by atoms with Crippen molar-refractivity contribution in [1.82, 2.24) is 0 Å². The molecular weight excluding hydrogens is 440 g/mol. The van der Waals surface area contributed by atoms with Crippen molar-refractivity contribution in [2.24, 2.45) is 5.92 Å². The summed E-state index contributed by atoms with van der Waals surface area (Å²) >= 11 is 0. The molecular formula is C25H29N2O5S+. The van der Waals surface area contributed by atoms with Crippen LogP contribution in [0.1, 0.15) is 26.7 Å². The van der Waals surface area contributed by atoms with Crippen molar-refractivity contribution in [3.63, 3.8) is 0 Å². The number of aromatic amines is 1. The van der Waals surface area contributed by atoms with E-state index in [2.05, 4.69) is 4.98 Å². The summed E-state index contributed by atoms with van der Waals surface area (Å²) in [7, 11) is -3.81. The number of aromatic nitrogens is 1. The molecule has 33 heavy (non-hydrogen) atoms. The first-order valence-electron chi connectivity index (χ1n) is 11.3. The lowest BCUT2D eigenvalue weighted by molar-refractivity contribution is -0.347. The Labute approximate surface area is 194 Å². The second kappa shape index (κ2) is 9.79. The molecule has 1 N–H and O–H groups in total. The molecule has 4 rings (SSSR count). The molecule has 3 aromatic rings. The number of ether oxygens (including phenoxy) is 2. The monoisotopic (exact) mass is 469 g/mol. The van der Waals surface area contributed by atoms with E-state index in [9.17, 15) is 13.2 Å². The summed E-state index contributed by atoms with van der Waals surface area (Å²) in [5.74, 6) is 0.115. The van der Waals surface area contributed by atoms with Crippen LogP contribution in [0.5, 0.6) is 5.75 Å². The second-order valence-corrected chi connectivity index (χ2v) is 9.91. The fraction of sp³-hybridized carbons (Fsp3) is 0.360. The van der Waals surface area contributed by atoms with Crippen molar-refractivity contribution in [2.45, 2.75) is 36.5 Å². The molecule has 2 heterocycles. The van der Waals surface area contributed by atoms with Crippen molar-refractivity contribution in [3.8, 4) is 5.75 Å². The molecule has 0 amide bonds. The molecule has 1 aliphatic heterocycles. The molecule has 8 heteroatoms. The summed E-state index contributed by atoms with van der Waals surface area (Å²) in [6.45, 7) is 5.56. The van der Waals surface area contributed by atoms with Crippen molar-refractivity contribution in [2.75, 3.05) is 31.2 Å². The van der Waals surface area contributed by atoms with E-state index >= 15 is 0 Å². The molecule has 7 nitrogen and oxygen atoms in total. The lowest BCUT2D eigenvalue weighted by Crippen LogP contribution is -2.40. The number of carbonyl (C=O) groups is 1. The lowest BCUT2D eigenvalue weighted by atomic mass is 9.97. The van der Waals surface area contributed by atoms with Gasteiger partial charge in [0.15, 0.2) is 11.1 Å². The van der Waals surface area contributed by atoms with Gasteiger partial charge in [0.25, 0.3) is 0 Å². The Hall–Kier alpha value is -3.13. The van der Waals surface area contributed by atoms with Crippen LogP contribution in [0.25, 0.3) is 10.9 Å². The minimum atomic E-state index is -3.81. The van der Waals surface area contributed by atoms with Crippen LogP contribution in [0.3, 0.4) is 0 Å². The maximum atomic E-state index is 13.7. The smallest absolute Gasteiger partial charge is 0.310 e. The van der Waals surface area contributed by atoms with Crippen LogP contribution in [0.2, 0.25) is 0 Å². The van der Waals surface area contributed by atoms with Gasteiger partial charge < -0.3 is 14.4 Å². The Balaban J connectivity index is 1.90. The molecule has 0 saturated carbocycles. The molecule has 2 aromatic carbocycles. The molecule has 1 saturated heterocycles. The SMILES string of the molecule is CCOC(=O)[C@@H]1CCCN(c2c(S(=O)(=O)c3ccccc3)c[nH+]c3ccc(OCC)cc23)C1. The predicted molar refractivity (Wildman–Crippen MR) is 125 cm³/mol. The highest BCUT2D eigenvalue weighted by atomic mass is 32.2. The summed E-state index contributed by atoms with van der Waals surface area (Å²) in [6.07, 6.45) is 3.03. The highest BCUT2D eigenvalue weighted by molar-refractivity contribution is 7.91. The molecule has 0 radical (unpaired) electrons. The average molecular weight is 470 g/mol. The Bertz CT molecular complexity index is 1240. The minimum absolute atomic E-state index is 0.180. The number of hydrogen-bond donors (Lipinski definition) is 0. The number of carbonyl (C=O) groups excluding carboxylic acids is 1. The van der Waals surface area contributed by atoms with Crippen LogP contribution in [0, 0.1) is 5.92 Å². The predicted octanol–water partition coefficient (Wildman–Crippen LogP) is 3.66. The molecule has 174 valence electrons. The molecule has 1 atom stereocenters. The summed E-state index contributed by atoms with van der Waals surface area (Å²) in [5, 5.41) is 0.738. The third-order valence-corrected chi connectivity index (χ3v) is 7.63. The van der Waals surface area contributed by atoms with E-state index in [1.807, 2.05) is 30.0 Å². The number of esters is 1. The van der Waals surface area contributed by atoms with Gasteiger partial charge in [-0.15, -0.1) is 0 Å². The van der Waals surface area contributed by atoms with Crippen LogP contribution >= 0.6 is 0 Å². The lowest BCUT2D eigenvalue weighted by Gasteiger charge is -2.34. The first-order valence-corrected chi connectivity index (χ1v) is 12.8. The summed E-state index contributed by atoms with van der Waals surface area (Å²) in [4.78, 5) is 18.0. The fourth-order valence-electron chi connectivity index (χ4n) is 4.34. The number of anilines is 1. The number of sulfone groups is 1. The van der Waals surface area contributed by atoms with Crippen molar-refractivity contribution >= 4 is 32.4 Å². The van der Waals surface area contributed by atoms with Crippen molar-refractivity contribution in [1.29, 1.82) is 0 Å². The van der Waals surface area contributed by atoms with E-state index in [4.69, 9.17) is 9.47 Å². The van der Waals surface area contributed by atoms with E-state index in [0.29, 0.717) is 37.7 Å². The van der Waals surface area contributed by atoms with Gasteiger partial charge in [0, 0.05) is 19.2 Å². The molecule has 0 spiro atoms. The highest BCUT2D eigenvalue weighted by Gasteiger charge is 2.34. The molecule has 0 aliphatic carbocycles. The number of piperidine rings is 1. The number of benzene rings is 2. The van der Waals surface area contributed by atoms with Crippen molar-refractivity contribution in [3.05, 3.63) is 54.7 Å². The summed E-state index contributed by atoms with van der Waals surface area (Å²) in [6, 6.07) is 14.0.